The Morgan fingerprint density at radius 3 is 1.68 bits per heavy atom. The summed E-state index contributed by atoms with van der Waals surface area (Å²) in [6.45, 7) is 5.79. The van der Waals surface area contributed by atoms with Crippen molar-refractivity contribution in [1.29, 1.82) is 0 Å². The van der Waals surface area contributed by atoms with Gasteiger partial charge in [-0.05, 0) is 35.7 Å². The second kappa shape index (κ2) is 7.35. The lowest BCUT2D eigenvalue weighted by Crippen LogP contribution is -2.61. The fourth-order valence-electron chi connectivity index (χ4n) is 1.87. The van der Waals surface area contributed by atoms with Gasteiger partial charge in [-0.2, -0.15) is 0 Å². The molecule has 0 saturated heterocycles. The van der Waals surface area contributed by atoms with Crippen molar-refractivity contribution >= 4 is 40.2 Å². The summed E-state index contributed by atoms with van der Waals surface area (Å²) in [4.78, 5) is 0. The standard InChI is InChI=1S/C14H20O2S2Si/c1-3-9-15-19(16-10-4-2,13-7-5-11-17-13)14-8-6-12-18-14/h5-8,11-12H,3-4,9-10H2,1-2H3. The summed E-state index contributed by atoms with van der Waals surface area (Å²) in [7, 11) is -2.45. The van der Waals surface area contributed by atoms with Crippen LogP contribution in [-0.4, -0.2) is 21.8 Å². The molecule has 0 spiro atoms. The molecule has 0 aliphatic heterocycles. The quantitative estimate of drug-likeness (QED) is 0.697. The maximum Gasteiger partial charge on any atom is 0.427 e. The highest BCUT2D eigenvalue weighted by Crippen LogP contribution is 2.16. The van der Waals surface area contributed by atoms with Gasteiger partial charge in [-0.25, -0.2) is 0 Å². The van der Waals surface area contributed by atoms with E-state index in [0.717, 1.165) is 26.1 Å². The summed E-state index contributed by atoms with van der Waals surface area (Å²) < 4.78 is 15.1. The minimum Gasteiger partial charge on any atom is -0.387 e. The molecule has 0 amide bonds. The molecular weight excluding hydrogens is 292 g/mol. The topological polar surface area (TPSA) is 18.5 Å². The van der Waals surface area contributed by atoms with Gasteiger partial charge in [-0.15, -0.1) is 22.7 Å². The van der Waals surface area contributed by atoms with E-state index in [1.54, 1.807) is 22.7 Å². The van der Waals surface area contributed by atoms with E-state index in [1.165, 1.54) is 9.00 Å². The molecule has 0 bridgehead atoms. The SMILES string of the molecule is CCCO[Si](OCCC)(c1cccs1)c1cccs1. The Kier molecular flexibility index (Phi) is 5.78. The van der Waals surface area contributed by atoms with Crippen molar-refractivity contribution in [2.45, 2.75) is 26.7 Å². The molecule has 0 atom stereocenters. The maximum absolute atomic E-state index is 6.31. The zero-order valence-electron chi connectivity index (χ0n) is 11.4. The van der Waals surface area contributed by atoms with Gasteiger partial charge >= 0.3 is 8.56 Å². The number of hydrogen-bond acceptors (Lipinski definition) is 4. The summed E-state index contributed by atoms with van der Waals surface area (Å²) in [5.41, 5.74) is 0. The molecule has 2 heterocycles. The molecule has 0 aliphatic carbocycles. The highest BCUT2D eigenvalue weighted by atomic mass is 32.1. The van der Waals surface area contributed by atoms with E-state index >= 15 is 0 Å². The fourth-order valence-corrected chi connectivity index (χ4v) is 8.51. The number of thiophene rings is 2. The minimum atomic E-state index is -2.45. The van der Waals surface area contributed by atoms with Gasteiger partial charge in [-0.3, -0.25) is 0 Å². The average molecular weight is 313 g/mol. The third-order valence-electron chi connectivity index (χ3n) is 2.71. The average Bonchev–Trinajstić information content (AvgIpc) is 3.12. The lowest BCUT2D eigenvalue weighted by Gasteiger charge is -2.28. The van der Waals surface area contributed by atoms with Crippen molar-refractivity contribution in [3.8, 4) is 0 Å². The number of hydrogen-bond donors (Lipinski definition) is 0. The number of rotatable bonds is 8. The zero-order chi connectivity index (χ0) is 13.6. The Bertz CT molecular complexity index is 410. The van der Waals surface area contributed by atoms with Gasteiger partial charge in [0.25, 0.3) is 0 Å². The zero-order valence-corrected chi connectivity index (χ0v) is 14.1. The van der Waals surface area contributed by atoms with E-state index in [-0.39, 0.29) is 0 Å². The summed E-state index contributed by atoms with van der Waals surface area (Å²) in [5.74, 6) is 0. The van der Waals surface area contributed by atoms with Gasteiger partial charge in [0, 0.05) is 13.2 Å². The first-order chi connectivity index (χ1) is 9.33. The van der Waals surface area contributed by atoms with Crippen LogP contribution >= 0.6 is 22.7 Å². The van der Waals surface area contributed by atoms with E-state index in [2.05, 4.69) is 48.9 Å². The van der Waals surface area contributed by atoms with Crippen LogP contribution in [0.25, 0.3) is 0 Å². The van der Waals surface area contributed by atoms with E-state index in [9.17, 15) is 0 Å². The largest absolute Gasteiger partial charge is 0.427 e. The molecule has 0 unspecified atom stereocenters. The normalized spacial score (nSPS) is 11.9. The Labute approximate surface area is 124 Å². The van der Waals surface area contributed by atoms with Gasteiger partial charge in [0.15, 0.2) is 0 Å². The van der Waals surface area contributed by atoms with Crippen LogP contribution in [0, 0.1) is 0 Å². The Balaban J connectivity index is 2.38. The third kappa shape index (κ3) is 3.35. The highest BCUT2D eigenvalue weighted by molar-refractivity contribution is 7.33. The predicted octanol–water partition coefficient (Wildman–Crippen LogP) is 3.22. The Morgan fingerprint density at radius 1 is 0.895 bits per heavy atom. The van der Waals surface area contributed by atoms with Gasteiger partial charge in [0.05, 0.1) is 9.00 Å². The van der Waals surface area contributed by atoms with Crippen LogP contribution in [-0.2, 0) is 8.85 Å². The molecule has 19 heavy (non-hydrogen) atoms. The van der Waals surface area contributed by atoms with Crippen molar-refractivity contribution in [2.24, 2.45) is 0 Å². The monoisotopic (exact) mass is 312 g/mol. The molecular formula is C14H20O2S2Si. The van der Waals surface area contributed by atoms with Gasteiger partial charge in [0.2, 0.25) is 0 Å². The van der Waals surface area contributed by atoms with E-state index in [0.29, 0.717) is 0 Å². The predicted molar refractivity (Wildman–Crippen MR) is 86.1 cm³/mol. The molecule has 2 nitrogen and oxygen atoms in total. The van der Waals surface area contributed by atoms with Crippen LogP contribution in [0.1, 0.15) is 26.7 Å². The molecule has 5 heteroatoms. The molecule has 104 valence electrons. The summed E-state index contributed by atoms with van der Waals surface area (Å²) in [5, 5.41) is 4.21. The second-order valence-electron chi connectivity index (χ2n) is 4.27. The molecule has 0 N–H and O–H groups in total. The lowest BCUT2D eigenvalue weighted by molar-refractivity contribution is 0.193. The van der Waals surface area contributed by atoms with Gasteiger partial charge < -0.3 is 8.85 Å². The Morgan fingerprint density at radius 2 is 1.37 bits per heavy atom. The third-order valence-corrected chi connectivity index (χ3v) is 9.25. The molecule has 0 radical (unpaired) electrons. The van der Waals surface area contributed by atoms with Gasteiger partial charge in [0.1, 0.15) is 0 Å². The molecule has 0 fully saturated rings. The van der Waals surface area contributed by atoms with Crippen LogP contribution in [0.5, 0.6) is 0 Å². The van der Waals surface area contributed by atoms with E-state index in [4.69, 9.17) is 8.85 Å². The van der Waals surface area contributed by atoms with Gasteiger partial charge in [-0.1, -0.05) is 26.0 Å². The maximum atomic E-state index is 6.31. The first-order valence-electron chi connectivity index (χ1n) is 6.69. The van der Waals surface area contributed by atoms with E-state index < -0.39 is 8.56 Å². The molecule has 2 aromatic heterocycles. The summed E-state index contributed by atoms with van der Waals surface area (Å²) in [6.07, 6.45) is 2.03. The minimum absolute atomic E-state index is 0.756. The van der Waals surface area contributed by atoms with Crippen molar-refractivity contribution in [2.75, 3.05) is 13.2 Å². The molecule has 2 rings (SSSR count). The summed E-state index contributed by atoms with van der Waals surface area (Å²) in [6, 6.07) is 8.48. The van der Waals surface area contributed by atoms with Crippen LogP contribution in [0.3, 0.4) is 0 Å². The molecule has 0 aliphatic rings. The lowest BCUT2D eigenvalue weighted by atomic mass is 10.5. The molecule has 2 aromatic rings. The van der Waals surface area contributed by atoms with Crippen LogP contribution in [0.2, 0.25) is 0 Å². The first kappa shape index (κ1) is 14.9. The van der Waals surface area contributed by atoms with Crippen molar-refractivity contribution in [1.82, 2.24) is 0 Å². The molecule has 0 aromatic carbocycles. The smallest absolute Gasteiger partial charge is 0.387 e. The second-order valence-corrected chi connectivity index (χ2v) is 9.78. The Hall–Kier alpha value is -0.463. The van der Waals surface area contributed by atoms with Crippen molar-refractivity contribution in [3.05, 3.63) is 35.0 Å². The van der Waals surface area contributed by atoms with Crippen LogP contribution in [0.4, 0.5) is 0 Å². The highest BCUT2D eigenvalue weighted by Gasteiger charge is 2.44. The van der Waals surface area contributed by atoms with Crippen LogP contribution < -0.4 is 9.00 Å². The van der Waals surface area contributed by atoms with E-state index in [1.807, 2.05) is 0 Å². The van der Waals surface area contributed by atoms with Crippen molar-refractivity contribution in [3.63, 3.8) is 0 Å². The van der Waals surface area contributed by atoms with Crippen molar-refractivity contribution < 1.29 is 8.85 Å². The van der Waals surface area contributed by atoms with Crippen LogP contribution in [0.15, 0.2) is 35.0 Å². The molecule has 0 saturated carbocycles. The summed E-state index contributed by atoms with van der Waals surface area (Å²) >= 11 is 3.49. The fraction of sp³-hybridized carbons (Fsp3) is 0.429. The first-order valence-corrected chi connectivity index (χ1v) is 10.3.